The number of carbonyl (C=O) groups excluding carboxylic acids is 2. The molecule has 0 atom stereocenters. The Bertz CT molecular complexity index is 1220. The summed E-state index contributed by atoms with van der Waals surface area (Å²) in [6.45, 7) is -0.202. The summed E-state index contributed by atoms with van der Waals surface area (Å²) in [7, 11) is 1.39. The molecule has 3 rings (SSSR count). The molecule has 0 unspecified atom stereocenters. The van der Waals surface area contributed by atoms with E-state index >= 15 is 0 Å². The van der Waals surface area contributed by atoms with E-state index in [1.165, 1.54) is 67.8 Å². The number of nitrogens with one attached hydrogen (secondary N) is 2. The number of amides is 2. The maximum absolute atomic E-state index is 14.0. The first-order chi connectivity index (χ1) is 16.4. The molecule has 3 aromatic rings. The molecule has 0 aromatic heterocycles. The molecule has 0 saturated carbocycles. The summed E-state index contributed by atoms with van der Waals surface area (Å²) >= 11 is 0. The zero-order chi connectivity index (χ0) is 24.5. The van der Waals surface area contributed by atoms with Gasteiger partial charge in [0.25, 0.3) is 11.8 Å². The van der Waals surface area contributed by atoms with E-state index in [0.717, 1.165) is 12.1 Å². The number of nitriles is 1. The van der Waals surface area contributed by atoms with Gasteiger partial charge in [0.15, 0.2) is 18.1 Å². The van der Waals surface area contributed by atoms with Crippen molar-refractivity contribution in [3.8, 4) is 17.6 Å². The molecule has 0 aliphatic rings. The van der Waals surface area contributed by atoms with Gasteiger partial charge in [0.05, 0.1) is 18.5 Å². The summed E-state index contributed by atoms with van der Waals surface area (Å²) in [5, 5.41) is 13.4. The summed E-state index contributed by atoms with van der Waals surface area (Å²) in [5.74, 6) is -2.66. The third-order valence-corrected chi connectivity index (χ3v) is 4.52. The number of methoxy groups -OCH3 is 1. The minimum absolute atomic E-state index is 0.130. The van der Waals surface area contributed by atoms with Crippen LogP contribution in [-0.4, -0.2) is 25.5 Å². The maximum Gasteiger partial charge on any atom is 0.261 e. The van der Waals surface area contributed by atoms with Crippen molar-refractivity contribution in [2.24, 2.45) is 0 Å². The van der Waals surface area contributed by atoms with Crippen molar-refractivity contribution in [2.75, 3.05) is 24.4 Å². The molecule has 172 valence electrons. The zero-order valence-electron chi connectivity index (χ0n) is 18.0. The Morgan fingerprint density at radius 3 is 1.97 bits per heavy atom. The molecule has 3 aromatic carbocycles. The van der Waals surface area contributed by atoms with Crippen molar-refractivity contribution in [3.05, 3.63) is 89.5 Å². The van der Waals surface area contributed by atoms with Gasteiger partial charge in [-0.05, 0) is 48.0 Å². The summed E-state index contributed by atoms with van der Waals surface area (Å²) < 4.78 is 38.6. The average molecular weight is 463 g/mol. The van der Waals surface area contributed by atoms with Crippen molar-refractivity contribution >= 4 is 29.3 Å². The lowest BCUT2D eigenvalue weighted by Gasteiger charge is -2.12. The Labute approximate surface area is 194 Å². The van der Waals surface area contributed by atoms with Gasteiger partial charge in [-0.2, -0.15) is 5.26 Å². The molecule has 34 heavy (non-hydrogen) atoms. The molecule has 9 heteroatoms. The van der Waals surface area contributed by atoms with Crippen LogP contribution in [0.2, 0.25) is 0 Å². The largest absolute Gasteiger partial charge is 0.493 e. The molecule has 0 aliphatic carbocycles. The Hall–Kier alpha value is -4.71. The fourth-order valence-electron chi connectivity index (χ4n) is 2.91. The first-order valence-corrected chi connectivity index (χ1v) is 9.94. The summed E-state index contributed by atoms with van der Waals surface area (Å²) in [6.07, 6.45) is 1.24. The van der Waals surface area contributed by atoms with Crippen molar-refractivity contribution in [1.82, 2.24) is 0 Å². The highest BCUT2D eigenvalue weighted by Crippen LogP contribution is 2.29. The molecule has 0 aliphatic heterocycles. The van der Waals surface area contributed by atoms with Crippen LogP contribution in [0.1, 0.15) is 5.56 Å². The summed E-state index contributed by atoms with van der Waals surface area (Å²) in [5.41, 5.74) is -0.312. The Kier molecular flexibility index (Phi) is 7.92. The number of para-hydroxylation sites is 2. The number of hydrogen-bond donors (Lipinski definition) is 2. The molecule has 2 amide bonds. The maximum atomic E-state index is 14.0. The van der Waals surface area contributed by atoms with E-state index in [9.17, 15) is 18.4 Å². The third-order valence-electron chi connectivity index (χ3n) is 4.52. The lowest BCUT2D eigenvalue weighted by Crippen LogP contribution is -2.26. The predicted octanol–water partition coefficient (Wildman–Crippen LogP) is 4.54. The topological polar surface area (TPSA) is 100 Å². The van der Waals surface area contributed by atoms with E-state index in [1.807, 2.05) is 6.07 Å². The second-order valence-corrected chi connectivity index (χ2v) is 6.78. The second-order valence-electron chi connectivity index (χ2n) is 6.78. The van der Waals surface area contributed by atoms with Crippen LogP contribution in [0, 0.1) is 23.0 Å². The van der Waals surface area contributed by atoms with Crippen LogP contribution < -0.4 is 20.1 Å². The van der Waals surface area contributed by atoms with Crippen LogP contribution in [0.25, 0.3) is 6.08 Å². The van der Waals surface area contributed by atoms with E-state index in [1.54, 1.807) is 0 Å². The van der Waals surface area contributed by atoms with Crippen LogP contribution in [0.5, 0.6) is 11.5 Å². The van der Waals surface area contributed by atoms with E-state index in [2.05, 4.69) is 10.6 Å². The number of nitrogens with zero attached hydrogens (tertiary/aromatic N) is 1. The minimum Gasteiger partial charge on any atom is -0.493 e. The molecule has 0 radical (unpaired) electrons. The predicted molar refractivity (Wildman–Crippen MR) is 122 cm³/mol. The standard InChI is InChI=1S/C25H19F2N3O4/c1-33-23-15-16(10-11-22(23)34-13-12-28)14-17(24(31)29-20-8-4-2-6-18(20)26)25(32)30-21-9-5-3-7-19(21)27/h2-11,14-15H,13H2,1H3,(H,29,31)(H,30,32). The van der Waals surface area contributed by atoms with Crippen molar-refractivity contribution in [2.45, 2.75) is 0 Å². The number of halogens is 2. The van der Waals surface area contributed by atoms with Crippen LogP contribution in [-0.2, 0) is 9.59 Å². The van der Waals surface area contributed by atoms with Gasteiger partial charge in [-0.15, -0.1) is 0 Å². The van der Waals surface area contributed by atoms with E-state index in [-0.39, 0.29) is 29.5 Å². The molecule has 0 saturated heterocycles. The van der Waals surface area contributed by atoms with Crippen molar-refractivity contribution in [3.63, 3.8) is 0 Å². The van der Waals surface area contributed by atoms with Gasteiger partial charge in [0, 0.05) is 0 Å². The lowest BCUT2D eigenvalue weighted by molar-refractivity contribution is -0.118. The van der Waals surface area contributed by atoms with Gasteiger partial charge in [0.1, 0.15) is 23.3 Å². The monoisotopic (exact) mass is 463 g/mol. The number of benzene rings is 3. The van der Waals surface area contributed by atoms with E-state index in [0.29, 0.717) is 5.56 Å². The number of ether oxygens (including phenoxy) is 2. The van der Waals surface area contributed by atoms with Gasteiger partial charge in [0.2, 0.25) is 0 Å². The Balaban J connectivity index is 1.98. The van der Waals surface area contributed by atoms with Crippen LogP contribution in [0.15, 0.2) is 72.3 Å². The fourth-order valence-corrected chi connectivity index (χ4v) is 2.91. The highest BCUT2D eigenvalue weighted by molar-refractivity contribution is 6.28. The number of carbonyl (C=O) groups is 2. The van der Waals surface area contributed by atoms with Gasteiger partial charge in [-0.3, -0.25) is 9.59 Å². The number of rotatable bonds is 8. The van der Waals surface area contributed by atoms with Crippen LogP contribution in [0.3, 0.4) is 0 Å². The van der Waals surface area contributed by atoms with Gasteiger partial charge >= 0.3 is 0 Å². The molecule has 0 spiro atoms. The lowest BCUT2D eigenvalue weighted by atomic mass is 10.1. The van der Waals surface area contributed by atoms with Crippen LogP contribution in [0.4, 0.5) is 20.2 Å². The molecule has 0 bridgehead atoms. The number of hydrogen-bond acceptors (Lipinski definition) is 5. The smallest absolute Gasteiger partial charge is 0.261 e. The molecular formula is C25H19F2N3O4. The minimum atomic E-state index is -0.914. The average Bonchev–Trinajstić information content (AvgIpc) is 2.84. The third kappa shape index (κ3) is 5.95. The summed E-state index contributed by atoms with van der Waals surface area (Å²) in [4.78, 5) is 25.9. The fraction of sp³-hybridized carbons (Fsp3) is 0.0800. The Morgan fingerprint density at radius 1 is 0.912 bits per heavy atom. The SMILES string of the molecule is COc1cc(C=C(C(=O)Nc2ccccc2F)C(=O)Nc2ccccc2F)ccc1OCC#N. The van der Waals surface area contributed by atoms with Gasteiger partial charge in [-0.25, -0.2) is 8.78 Å². The van der Waals surface area contributed by atoms with Crippen molar-refractivity contribution in [1.29, 1.82) is 5.26 Å². The molecule has 0 fully saturated rings. The quantitative estimate of drug-likeness (QED) is 0.290. The normalized spacial score (nSPS) is 9.94. The van der Waals surface area contributed by atoms with E-state index in [4.69, 9.17) is 14.7 Å². The highest BCUT2D eigenvalue weighted by Gasteiger charge is 2.21. The van der Waals surface area contributed by atoms with Gasteiger partial charge < -0.3 is 20.1 Å². The molecule has 7 nitrogen and oxygen atoms in total. The molecule has 2 N–H and O–H groups in total. The zero-order valence-corrected chi connectivity index (χ0v) is 18.0. The second kappa shape index (κ2) is 11.2. The van der Waals surface area contributed by atoms with Crippen LogP contribution >= 0.6 is 0 Å². The first-order valence-electron chi connectivity index (χ1n) is 9.94. The first kappa shape index (κ1) is 23.9. The van der Waals surface area contributed by atoms with Gasteiger partial charge in [-0.1, -0.05) is 30.3 Å². The molecular weight excluding hydrogens is 444 g/mol. The molecule has 0 heterocycles. The number of anilines is 2. The Morgan fingerprint density at radius 2 is 1.47 bits per heavy atom. The van der Waals surface area contributed by atoms with Crippen molar-refractivity contribution < 1.29 is 27.8 Å². The highest BCUT2D eigenvalue weighted by atomic mass is 19.1. The van der Waals surface area contributed by atoms with E-state index < -0.39 is 29.0 Å². The summed E-state index contributed by atoms with van der Waals surface area (Å²) in [6, 6.07) is 17.3.